The van der Waals surface area contributed by atoms with E-state index in [0.29, 0.717) is 35.6 Å². The third-order valence-electron chi connectivity index (χ3n) is 4.94. The van der Waals surface area contributed by atoms with Gasteiger partial charge in [-0.25, -0.2) is 8.42 Å². The molecule has 1 aliphatic heterocycles. The van der Waals surface area contributed by atoms with Crippen LogP contribution in [0.25, 0.3) is 11.4 Å². The molecule has 28 heavy (non-hydrogen) atoms. The zero-order valence-corrected chi connectivity index (χ0v) is 17.7. The van der Waals surface area contributed by atoms with Crippen molar-refractivity contribution in [1.82, 2.24) is 14.4 Å². The van der Waals surface area contributed by atoms with Crippen molar-refractivity contribution in [2.24, 2.45) is 5.92 Å². The first-order chi connectivity index (χ1) is 13.4. The van der Waals surface area contributed by atoms with Crippen molar-refractivity contribution in [2.45, 2.75) is 30.4 Å². The second-order valence-electron chi connectivity index (χ2n) is 6.96. The Morgan fingerprint density at radius 1 is 1.29 bits per heavy atom. The Kier molecular flexibility index (Phi) is 5.55. The fourth-order valence-electron chi connectivity index (χ4n) is 3.49. The third-order valence-corrected chi connectivity index (χ3v) is 8.51. The molecular formula is C19H20ClN3O3S2. The zero-order valence-electron chi connectivity index (χ0n) is 15.3. The minimum atomic E-state index is -3.51. The Morgan fingerprint density at radius 3 is 2.86 bits per heavy atom. The maximum atomic E-state index is 12.9. The minimum Gasteiger partial charge on any atom is -0.339 e. The van der Waals surface area contributed by atoms with E-state index in [2.05, 4.69) is 10.1 Å². The van der Waals surface area contributed by atoms with E-state index >= 15 is 0 Å². The quantitative estimate of drug-likeness (QED) is 0.591. The number of nitrogens with zero attached hydrogens (tertiary/aromatic N) is 3. The van der Waals surface area contributed by atoms with Crippen molar-refractivity contribution in [2.75, 3.05) is 13.1 Å². The van der Waals surface area contributed by atoms with E-state index in [4.69, 9.17) is 16.1 Å². The van der Waals surface area contributed by atoms with Gasteiger partial charge in [0.05, 0.1) is 4.34 Å². The molecule has 0 bridgehead atoms. The number of hydrogen-bond acceptors (Lipinski definition) is 6. The number of hydrogen-bond donors (Lipinski definition) is 0. The summed E-state index contributed by atoms with van der Waals surface area (Å²) in [7, 11) is -3.51. The standard InChI is InChI=1S/C19H20ClN3O3S2/c1-13-5-2-3-7-15(13)19-21-17(26-22-19)11-14-6-4-10-23(12-14)28(24,25)18-9-8-16(20)27-18/h2-3,5,7-9,14H,4,6,10-12H2,1H3. The van der Waals surface area contributed by atoms with Crippen LogP contribution in [0.15, 0.2) is 45.1 Å². The molecule has 1 aliphatic rings. The highest BCUT2D eigenvalue weighted by Gasteiger charge is 2.32. The molecule has 0 N–H and O–H groups in total. The van der Waals surface area contributed by atoms with Gasteiger partial charge in [0.15, 0.2) is 0 Å². The summed E-state index contributed by atoms with van der Waals surface area (Å²) in [4.78, 5) is 4.52. The van der Waals surface area contributed by atoms with E-state index in [1.807, 2.05) is 31.2 Å². The van der Waals surface area contributed by atoms with Crippen LogP contribution in [0.1, 0.15) is 24.3 Å². The number of aryl methyl sites for hydroxylation is 1. The van der Waals surface area contributed by atoms with Crippen molar-refractivity contribution < 1.29 is 12.9 Å². The predicted octanol–water partition coefficient (Wildman–Crippen LogP) is 4.40. The topological polar surface area (TPSA) is 76.3 Å². The van der Waals surface area contributed by atoms with Crippen LogP contribution < -0.4 is 0 Å². The lowest BCUT2D eigenvalue weighted by Gasteiger charge is -2.30. The molecule has 1 unspecified atom stereocenters. The fraction of sp³-hybridized carbons (Fsp3) is 0.368. The van der Waals surface area contributed by atoms with Crippen LogP contribution in [-0.2, 0) is 16.4 Å². The molecule has 0 radical (unpaired) electrons. The molecule has 9 heteroatoms. The number of benzene rings is 1. The Morgan fingerprint density at radius 2 is 2.11 bits per heavy atom. The third kappa shape index (κ3) is 4.00. The molecule has 0 saturated carbocycles. The van der Waals surface area contributed by atoms with Gasteiger partial charge in [0.25, 0.3) is 10.0 Å². The maximum Gasteiger partial charge on any atom is 0.252 e. The molecule has 3 heterocycles. The highest BCUT2D eigenvalue weighted by atomic mass is 35.5. The lowest BCUT2D eigenvalue weighted by molar-refractivity contribution is 0.247. The smallest absolute Gasteiger partial charge is 0.252 e. The highest BCUT2D eigenvalue weighted by molar-refractivity contribution is 7.91. The van der Waals surface area contributed by atoms with Gasteiger partial charge in [-0.3, -0.25) is 0 Å². The van der Waals surface area contributed by atoms with Crippen molar-refractivity contribution in [3.63, 3.8) is 0 Å². The predicted molar refractivity (Wildman–Crippen MR) is 109 cm³/mol. The second kappa shape index (κ2) is 7.94. The van der Waals surface area contributed by atoms with Crippen LogP contribution in [0.3, 0.4) is 0 Å². The van der Waals surface area contributed by atoms with Crippen LogP contribution in [-0.4, -0.2) is 36.0 Å². The first kappa shape index (κ1) is 19.6. The van der Waals surface area contributed by atoms with Crippen LogP contribution in [0.2, 0.25) is 4.34 Å². The molecular weight excluding hydrogens is 418 g/mol. The molecule has 6 nitrogen and oxygen atoms in total. The summed E-state index contributed by atoms with van der Waals surface area (Å²) in [5.41, 5.74) is 2.03. The van der Waals surface area contributed by atoms with Gasteiger partial charge in [0.2, 0.25) is 11.7 Å². The molecule has 0 spiro atoms. The first-order valence-corrected chi connectivity index (χ1v) is 11.7. The Hall–Kier alpha value is -1.74. The summed E-state index contributed by atoms with van der Waals surface area (Å²) in [6.07, 6.45) is 2.30. The van der Waals surface area contributed by atoms with Gasteiger partial charge in [-0.2, -0.15) is 9.29 Å². The Labute approximate surface area is 173 Å². The molecule has 1 atom stereocenters. The summed E-state index contributed by atoms with van der Waals surface area (Å²) < 4.78 is 33.5. The number of aromatic nitrogens is 2. The number of piperidine rings is 1. The fourth-order valence-corrected chi connectivity index (χ4v) is 6.69. The average Bonchev–Trinajstić information content (AvgIpc) is 3.32. The van der Waals surface area contributed by atoms with Crippen molar-refractivity contribution in [3.8, 4) is 11.4 Å². The van der Waals surface area contributed by atoms with E-state index < -0.39 is 10.0 Å². The summed E-state index contributed by atoms with van der Waals surface area (Å²) in [6, 6.07) is 11.1. The lowest BCUT2D eigenvalue weighted by Crippen LogP contribution is -2.40. The molecule has 0 amide bonds. The Bertz CT molecular complexity index is 1080. The molecule has 2 aromatic heterocycles. The molecule has 1 aromatic carbocycles. The first-order valence-electron chi connectivity index (χ1n) is 9.07. The molecule has 4 rings (SSSR count). The van der Waals surface area contributed by atoms with Gasteiger partial charge in [-0.1, -0.05) is 41.0 Å². The summed E-state index contributed by atoms with van der Waals surface area (Å²) in [5, 5.41) is 4.10. The van der Waals surface area contributed by atoms with Gasteiger partial charge in [-0.15, -0.1) is 11.3 Å². The van der Waals surface area contributed by atoms with E-state index in [9.17, 15) is 8.42 Å². The van der Waals surface area contributed by atoms with Gasteiger partial charge >= 0.3 is 0 Å². The van der Waals surface area contributed by atoms with E-state index in [1.54, 1.807) is 16.4 Å². The number of halogens is 1. The summed E-state index contributed by atoms with van der Waals surface area (Å²) >= 11 is 7.00. The number of sulfonamides is 1. The normalized spacial score (nSPS) is 18.4. The van der Waals surface area contributed by atoms with Gasteiger partial charge < -0.3 is 4.52 Å². The van der Waals surface area contributed by atoms with Crippen molar-refractivity contribution in [3.05, 3.63) is 52.2 Å². The van der Waals surface area contributed by atoms with Gasteiger partial charge in [-0.05, 0) is 43.4 Å². The minimum absolute atomic E-state index is 0.143. The molecule has 3 aromatic rings. The molecule has 1 fully saturated rings. The lowest BCUT2D eigenvalue weighted by atomic mass is 9.96. The van der Waals surface area contributed by atoms with Gasteiger partial charge in [0, 0.05) is 25.1 Å². The highest BCUT2D eigenvalue weighted by Crippen LogP contribution is 2.31. The maximum absolute atomic E-state index is 12.9. The Balaban J connectivity index is 1.47. The van der Waals surface area contributed by atoms with Crippen LogP contribution in [0.4, 0.5) is 0 Å². The second-order valence-corrected chi connectivity index (χ2v) is 10.8. The van der Waals surface area contributed by atoms with Crippen molar-refractivity contribution in [1.29, 1.82) is 0 Å². The van der Waals surface area contributed by atoms with E-state index in [0.717, 1.165) is 35.3 Å². The van der Waals surface area contributed by atoms with Crippen LogP contribution >= 0.6 is 22.9 Å². The summed E-state index contributed by atoms with van der Waals surface area (Å²) in [5.74, 6) is 1.26. The SMILES string of the molecule is Cc1ccccc1-c1noc(CC2CCCN(S(=O)(=O)c3ccc(Cl)s3)C2)n1. The van der Waals surface area contributed by atoms with Crippen LogP contribution in [0, 0.1) is 12.8 Å². The van der Waals surface area contributed by atoms with Crippen LogP contribution in [0.5, 0.6) is 0 Å². The molecule has 148 valence electrons. The van der Waals surface area contributed by atoms with Gasteiger partial charge in [0.1, 0.15) is 4.21 Å². The zero-order chi connectivity index (χ0) is 19.7. The largest absolute Gasteiger partial charge is 0.339 e. The average molecular weight is 438 g/mol. The van der Waals surface area contributed by atoms with Crippen molar-refractivity contribution >= 4 is 33.0 Å². The molecule has 0 aliphatic carbocycles. The van der Waals surface area contributed by atoms with E-state index in [1.165, 1.54) is 0 Å². The number of thiophene rings is 1. The molecule has 1 saturated heterocycles. The monoisotopic (exact) mass is 437 g/mol. The summed E-state index contributed by atoms with van der Waals surface area (Å²) in [6.45, 7) is 2.97. The number of rotatable bonds is 5. The van der Waals surface area contributed by atoms with E-state index in [-0.39, 0.29) is 10.1 Å².